The first-order valence-corrected chi connectivity index (χ1v) is 9.94. The maximum Gasteiger partial charge on any atom is 0.304 e. The number of Topliss-reactive ketones (excluding diaryl/α,β-unsaturated/α-hetero) is 2. The lowest BCUT2D eigenvalue weighted by atomic mass is 9.85. The third-order valence-corrected chi connectivity index (χ3v) is 5.37. The fourth-order valence-electron chi connectivity index (χ4n) is 3.10. The molecule has 0 spiro atoms. The number of thiazole rings is 1. The van der Waals surface area contributed by atoms with Crippen molar-refractivity contribution in [3.05, 3.63) is 44.3 Å². The molecule has 0 radical (unpaired) electrons. The summed E-state index contributed by atoms with van der Waals surface area (Å²) in [6, 6.07) is 1.44. The Kier molecular flexibility index (Phi) is 7.89. The maximum absolute atomic E-state index is 12.8. The van der Waals surface area contributed by atoms with Gasteiger partial charge in [0.1, 0.15) is 12.5 Å². The third kappa shape index (κ3) is 5.86. The number of aromatic nitrogens is 3. The lowest BCUT2D eigenvalue weighted by Gasteiger charge is -2.17. The fraction of sp³-hybridized carbons (Fsp3) is 0.474. The molecule has 0 amide bonds. The van der Waals surface area contributed by atoms with Crippen LogP contribution < -0.4 is 5.56 Å². The van der Waals surface area contributed by atoms with Gasteiger partial charge in [0, 0.05) is 35.4 Å². The van der Waals surface area contributed by atoms with Crippen LogP contribution in [-0.4, -0.2) is 44.1 Å². The molecule has 0 saturated heterocycles. The first-order valence-electron chi connectivity index (χ1n) is 9.07. The smallest absolute Gasteiger partial charge is 0.304 e. The van der Waals surface area contributed by atoms with Crippen LogP contribution in [0, 0.1) is 12.8 Å². The number of aryl methyl sites for hydroxylation is 1. The summed E-state index contributed by atoms with van der Waals surface area (Å²) >= 11 is 1.45. The number of hydrogen-bond donors (Lipinski definition) is 1. The number of nitrogens with zero attached hydrogens (tertiary/aromatic N) is 3. The summed E-state index contributed by atoms with van der Waals surface area (Å²) in [6.45, 7) is 2.37. The van der Waals surface area contributed by atoms with Gasteiger partial charge < -0.3 is 5.11 Å². The predicted molar refractivity (Wildman–Crippen MR) is 104 cm³/mol. The van der Waals surface area contributed by atoms with E-state index in [1.54, 1.807) is 6.92 Å². The molecule has 0 fully saturated rings. The minimum atomic E-state index is -1.34. The largest absolute Gasteiger partial charge is 0.481 e. The van der Waals surface area contributed by atoms with Gasteiger partial charge in [-0.3, -0.25) is 19.2 Å². The molecule has 2 heterocycles. The molecule has 1 N–H and O–H groups in total. The Morgan fingerprint density at radius 1 is 1.28 bits per heavy atom. The summed E-state index contributed by atoms with van der Waals surface area (Å²) in [4.78, 5) is 52.5. The zero-order valence-electron chi connectivity index (χ0n) is 16.1. The number of aliphatic carboxylic acids is 1. The Balaban J connectivity index is 2.27. The average Bonchev–Trinajstić information content (AvgIpc) is 3.08. The number of carboxylic acid groups (broad SMARTS) is 1. The monoisotopic (exact) mass is 423 g/mol. The molecule has 2 unspecified atom stereocenters. The standard InChI is InChI=1S/C19H22FN3O5S/c1-3-14(16(24)6-12(7-18(26)27)17(25)8-20)15-4-5-21-23(19(15)28)9-13-10-29-11(2)22-13/h4-5,10,12,14H,3,6-9H2,1-2H3,(H,26,27). The van der Waals surface area contributed by atoms with E-state index in [4.69, 9.17) is 5.11 Å². The fourth-order valence-corrected chi connectivity index (χ4v) is 3.71. The number of ketones is 2. The molecule has 2 aromatic heterocycles. The van der Waals surface area contributed by atoms with Crippen molar-refractivity contribution < 1.29 is 23.9 Å². The Hall–Kier alpha value is -2.75. The second-order valence-electron chi connectivity index (χ2n) is 6.63. The van der Waals surface area contributed by atoms with Crippen LogP contribution in [0.4, 0.5) is 4.39 Å². The average molecular weight is 423 g/mol. The van der Waals surface area contributed by atoms with E-state index in [0.29, 0.717) is 5.69 Å². The molecule has 8 nitrogen and oxygen atoms in total. The lowest BCUT2D eigenvalue weighted by Crippen LogP contribution is -2.31. The highest BCUT2D eigenvalue weighted by Gasteiger charge is 2.29. The molecule has 0 aliphatic rings. The summed E-state index contributed by atoms with van der Waals surface area (Å²) in [5.41, 5.74) is 0.430. The summed E-state index contributed by atoms with van der Waals surface area (Å²) in [7, 11) is 0. The molecule has 2 aromatic rings. The molecule has 10 heteroatoms. The first kappa shape index (κ1) is 22.5. The summed E-state index contributed by atoms with van der Waals surface area (Å²) in [5.74, 6) is -4.78. The van der Waals surface area contributed by atoms with Crippen LogP contribution in [0.1, 0.15) is 48.4 Å². The molecular formula is C19H22FN3O5S. The van der Waals surface area contributed by atoms with Crippen molar-refractivity contribution in [3.63, 3.8) is 0 Å². The van der Waals surface area contributed by atoms with Crippen molar-refractivity contribution in [3.8, 4) is 0 Å². The van der Waals surface area contributed by atoms with Crippen LogP contribution in [-0.2, 0) is 20.9 Å². The van der Waals surface area contributed by atoms with Crippen LogP contribution >= 0.6 is 11.3 Å². The van der Waals surface area contributed by atoms with Crippen molar-refractivity contribution in [2.45, 2.75) is 45.6 Å². The molecule has 0 bridgehead atoms. The van der Waals surface area contributed by atoms with E-state index >= 15 is 0 Å². The van der Waals surface area contributed by atoms with Gasteiger partial charge in [0.25, 0.3) is 5.56 Å². The van der Waals surface area contributed by atoms with Crippen molar-refractivity contribution in [2.24, 2.45) is 5.92 Å². The van der Waals surface area contributed by atoms with Crippen molar-refractivity contribution >= 4 is 28.9 Å². The second kappa shape index (κ2) is 10.1. The van der Waals surface area contributed by atoms with E-state index < -0.39 is 54.4 Å². The Bertz CT molecular complexity index is 955. The number of halogens is 1. The van der Waals surface area contributed by atoms with Gasteiger partial charge in [-0.25, -0.2) is 14.1 Å². The van der Waals surface area contributed by atoms with Gasteiger partial charge in [-0.1, -0.05) is 6.92 Å². The highest BCUT2D eigenvalue weighted by atomic mass is 32.1. The molecule has 29 heavy (non-hydrogen) atoms. The topological polar surface area (TPSA) is 119 Å². The highest BCUT2D eigenvalue weighted by Crippen LogP contribution is 2.23. The van der Waals surface area contributed by atoms with Crippen molar-refractivity contribution in [1.82, 2.24) is 14.8 Å². The van der Waals surface area contributed by atoms with E-state index in [9.17, 15) is 23.6 Å². The van der Waals surface area contributed by atoms with Crippen LogP contribution in [0.15, 0.2) is 22.4 Å². The summed E-state index contributed by atoms with van der Waals surface area (Å²) in [5, 5.41) is 15.6. The number of alkyl halides is 1. The van der Waals surface area contributed by atoms with Gasteiger partial charge in [-0.05, 0) is 19.4 Å². The number of rotatable bonds is 11. The normalized spacial score (nSPS) is 13.1. The minimum absolute atomic E-state index is 0.156. The number of hydrogen-bond acceptors (Lipinski definition) is 7. The molecule has 0 aromatic carbocycles. The van der Waals surface area contributed by atoms with E-state index in [1.807, 2.05) is 12.3 Å². The maximum atomic E-state index is 12.8. The number of carboxylic acids is 1. The zero-order valence-corrected chi connectivity index (χ0v) is 16.9. The number of carbonyl (C=O) groups is 3. The molecule has 0 saturated carbocycles. The summed E-state index contributed by atoms with van der Waals surface area (Å²) in [6.07, 6.45) is 0.625. The quantitative estimate of drug-likeness (QED) is 0.588. The third-order valence-electron chi connectivity index (χ3n) is 4.55. The van der Waals surface area contributed by atoms with Gasteiger partial charge in [0.2, 0.25) is 0 Å². The van der Waals surface area contributed by atoms with Crippen molar-refractivity contribution in [1.29, 1.82) is 0 Å². The van der Waals surface area contributed by atoms with Crippen LogP contribution in [0.5, 0.6) is 0 Å². The molecule has 2 atom stereocenters. The van der Waals surface area contributed by atoms with E-state index in [-0.39, 0.29) is 18.5 Å². The highest BCUT2D eigenvalue weighted by molar-refractivity contribution is 7.09. The first-order chi connectivity index (χ1) is 13.8. The van der Waals surface area contributed by atoms with Gasteiger partial charge in [-0.15, -0.1) is 11.3 Å². The predicted octanol–water partition coefficient (Wildman–Crippen LogP) is 2.14. The van der Waals surface area contributed by atoms with Crippen LogP contribution in [0.2, 0.25) is 0 Å². The zero-order chi connectivity index (χ0) is 21.6. The minimum Gasteiger partial charge on any atom is -0.481 e. The van der Waals surface area contributed by atoms with Crippen LogP contribution in [0.3, 0.4) is 0 Å². The SMILES string of the molecule is CCC(C(=O)CC(CC(=O)O)C(=O)CF)c1ccnn(Cc2csc(C)n2)c1=O. The molecular weight excluding hydrogens is 401 g/mol. The van der Waals surface area contributed by atoms with E-state index in [2.05, 4.69) is 10.1 Å². The van der Waals surface area contributed by atoms with Crippen molar-refractivity contribution in [2.75, 3.05) is 6.67 Å². The Morgan fingerprint density at radius 2 is 2.00 bits per heavy atom. The van der Waals surface area contributed by atoms with E-state index in [0.717, 1.165) is 5.01 Å². The van der Waals surface area contributed by atoms with E-state index in [1.165, 1.54) is 28.3 Å². The van der Waals surface area contributed by atoms with Gasteiger partial charge in [0.15, 0.2) is 5.78 Å². The van der Waals surface area contributed by atoms with Gasteiger partial charge >= 0.3 is 5.97 Å². The molecule has 156 valence electrons. The Morgan fingerprint density at radius 3 is 2.55 bits per heavy atom. The molecule has 0 aliphatic heterocycles. The molecule has 2 rings (SSSR count). The molecule has 0 aliphatic carbocycles. The lowest BCUT2D eigenvalue weighted by molar-refractivity contribution is -0.141. The summed E-state index contributed by atoms with van der Waals surface area (Å²) < 4.78 is 14.0. The van der Waals surface area contributed by atoms with Gasteiger partial charge in [0.05, 0.1) is 23.7 Å². The number of carbonyl (C=O) groups excluding carboxylic acids is 2. The Labute approximate surface area is 170 Å². The second-order valence-corrected chi connectivity index (χ2v) is 7.70. The van der Waals surface area contributed by atoms with Crippen LogP contribution in [0.25, 0.3) is 0 Å². The van der Waals surface area contributed by atoms with Gasteiger partial charge in [-0.2, -0.15) is 5.10 Å².